The van der Waals surface area contributed by atoms with Gasteiger partial charge in [0.05, 0.1) is 17.0 Å². The van der Waals surface area contributed by atoms with Crippen molar-refractivity contribution in [3.63, 3.8) is 0 Å². The molecule has 3 rings (SSSR count). The summed E-state index contributed by atoms with van der Waals surface area (Å²) in [5.74, 6) is 0.513. The van der Waals surface area contributed by atoms with Gasteiger partial charge in [0.2, 0.25) is 5.91 Å². The standard InChI is InChI=1S/C15H11ClN2O2S/c16-10-3-1-4-11(7-10)17-15(19)9-12-8-13(20-18-12)14-5-2-6-21-14/h1-8H,9H2,(H,17,19). The van der Waals surface area contributed by atoms with E-state index < -0.39 is 0 Å². The summed E-state index contributed by atoms with van der Waals surface area (Å²) in [5, 5.41) is 9.23. The second kappa shape index (κ2) is 6.11. The molecule has 1 aromatic carbocycles. The number of aromatic nitrogens is 1. The lowest BCUT2D eigenvalue weighted by Crippen LogP contribution is -2.14. The average molecular weight is 319 g/mol. The van der Waals surface area contributed by atoms with Gasteiger partial charge in [-0.25, -0.2) is 0 Å². The second-order valence-corrected chi connectivity index (χ2v) is 5.78. The third kappa shape index (κ3) is 3.51. The van der Waals surface area contributed by atoms with Crippen LogP contribution in [-0.4, -0.2) is 11.1 Å². The minimum Gasteiger partial charge on any atom is -0.355 e. The second-order valence-electron chi connectivity index (χ2n) is 4.40. The van der Waals surface area contributed by atoms with E-state index in [4.69, 9.17) is 16.1 Å². The summed E-state index contributed by atoms with van der Waals surface area (Å²) in [7, 11) is 0. The summed E-state index contributed by atoms with van der Waals surface area (Å²) in [6, 6.07) is 12.7. The van der Waals surface area contributed by atoms with Gasteiger partial charge in [0, 0.05) is 16.8 Å². The fourth-order valence-corrected chi connectivity index (χ4v) is 2.73. The van der Waals surface area contributed by atoms with Crippen LogP contribution in [0.25, 0.3) is 10.6 Å². The van der Waals surface area contributed by atoms with E-state index in [1.54, 1.807) is 41.7 Å². The number of nitrogens with one attached hydrogen (secondary N) is 1. The molecule has 0 saturated heterocycles. The third-order valence-electron chi connectivity index (χ3n) is 2.77. The van der Waals surface area contributed by atoms with E-state index >= 15 is 0 Å². The fourth-order valence-electron chi connectivity index (χ4n) is 1.87. The van der Waals surface area contributed by atoms with Crippen LogP contribution in [0.1, 0.15) is 5.69 Å². The van der Waals surface area contributed by atoms with Crippen molar-refractivity contribution in [2.45, 2.75) is 6.42 Å². The highest BCUT2D eigenvalue weighted by molar-refractivity contribution is 7.13. The summed E-state index contributed by atoms with van der Waals surface area (Å²) in [6.45, 7) is 0. The number of thiophene rings is 1. The molecule has 0 fully saturated rings. The Kier molecular flexibility index (Phi) is 4.03. The molecule has 1 amide bonds. The Morgan fingerprint density at radius 1 is 1.29 bits per heavy atom. The van der Waals surface area contributed by atoms with Gasteiger partial charge in [0.1, 0.15) is 0 Å². The number of hydrogen-bond donors (Lipinski definition) is 1. The van der Waals surface area contributed by atoms with Crippen LogP contribution in [0.15, 0.2) is 52.4 Å². The van der Waals surface area contributed by atoms with Crippen molar-refractivity contribution in [2.24, 2.45) is 0 Å². The Morgan fingerprint density at radius 2 is 2.19 bits per heavy atom. The first-order chi connectivity index (χ1) is 10.2. The largest absolute Gasteiger partial charge is 0.355 e. The molecule has 0 unspecified atom stereocenters. The predicted molar refractivity (Wildman–Crippen MR) is 83.6 cm³/mol. The molecule has 6 heteroatoms. The molecular weight excluding hydrogens is 308 g/mol. The summed E-state index contributed by atoms with van der Waals surface area (Å²) in [5.41, 5.74) is 1.26. The highest BCUT2D eigenvalue weighted by Gasteiger charge is 2.11. The summed E-state index contributed by atoms with van der Waals surface area (Å²) < 4.78 is 5.24. The smallest absolute Gasteiger partial charge is 0.230 e. The van der Waals surface area contributed by atoms with Gasteiger partial charge >= 0.3 is 0 Å². The lowest BCUT2D eigenvalue weighted by molar-refractivity contribution is -0.115. The Bertz CT molecular complexity index is 753. The topological polar surface area (TPSA) is 55.1 Å². The highest BCUT2D eigenvalue weighted by Crippen LogP contribution is 2.25. The zero-order valence-corrected chi connectivity index (χ0v) is 12.4. The lowest BCUT2D eigenvalue weighted by Gasteiger charge is -2.03. The normalized spacial score (nSPS) is 10.5. The van der Waals surface area contributed by atoms with E-state index in [0.29, 0.717) is 22.2 Å². The number of anilines is 1. The molecule has 0 spiro atoms. The molecule has 0 atom stereocenters. The van der Waals surface area contributed by atoms with Gasteiger partial charge in [-0.05, 0) is 29.6 Å². The predicted octanol–water partition coefficient (Wildman–Crippen LogP) is 4.24. The Balaban J connectivity index is 1.65. The number of rotatable bonds is 4. The molecule has 0 bridgehead atoms. The zero-order chi connectivity index (χ0) is 14.7. The Labute approximate surface area is 130 Å². The Morgan fingerprint density at radius 3 is 2.95 bits per heavy atom. The minimum absolute atomic E-state index is 0.154. The van der Waals surface area contributed by atoms with Crippen LogP contribution in [0.4, 0.5) is 5.69 Å². The number of benzene rings is 1. The van der Waals surface area contributed by atoms with Crippen LogP contribution in [0.3, 0.4) is 0 Å². The average Bonchev–Trinajstić information content (AvgIpc) is 3.08. The van der Waals surface area contributed by atoms with E-state index in [9.17, 15) is 4.79 Å². The number of amides is 1. The van der Waals surface area contributed by atoms with Crippen molar-refractivity contribution < 1.29 is 9.32 Å². The van der Waals surface area contributed by atoms with Crippen molar-refractivity contribution in [1.29, 1.82) is 0 Å². The minimum atomic E-state index is -0.164. The summed E-state index contributed by atoms with van der Waals surface area (Å²) in [4.78, 5) is 12.9. The van der Waals surface area contributed by atoms with Gasteiger partial charge in [0.15, 0.2) is 5.76 Å². The molecule has 0 aliphatic rings. The molecule has 106 valence electrons. The van der Waals surface area contributed by atoms with Crippen molar-refractivity contribution in [2.75, 3.05) is 5.32 Å². The molecule has 4 nitrogen and oxygen atoms in total. The zero-order valence-electron chi connectivity index (χ0n) is 10.9. The number of carbonyl (C=O) groups excluding carboxylic acids is 1. The van der Waals surface area contributed by atoms with Crippen molar-refractivity contribution >= 4 is 34.5 Å². The molecule has 2 heterocycles. The highest BCUT2D eigenvalue weighted by atomic mass is 35.5. The number of hydrogen-bond acceptors (Lipinski definition) is 4. The molecular formula is C15H11ClN2O2S. The maximum atomic E-state index is 12.0. The van der Waals surface area contributed by atoms with Gasteiger partial charge in [-0.2, -0.15) is 0 Å². The third-order valence-corrected chi connectivity index (χ3v) is 3.89. The summed E-state index contributed by atoms with van der Waals surface area (Å²) >= 11 is 7.43. The SMILES string of the molecule is O=C(Cc1cc(-c2cccs2)on1)Nc1cccc(Cl)c1. The molecule has 21 heavy (non-hydrogen) atoms. The van der Waals surface area contributed by atoms with Crippen LogP contribution in [0.2, 0.25) is 5.02 Å². The van der Waals surface area contributed by atoms with Crippen molar-refractivity contribution in [3.8, 4) is 10.6 Å². The molecule has 0 radical (unpaired) electrons. The molecule has 0 aliphatic heterocycles. The van der Waals surface area contributed by atoms with E-state index in [1.165, 1.54) is 0 Å². The van der Waals surface area contributed by atoms with Crippen LogP contribution in [-0.2, 0) is 11.2 Å². The quantitative estimate of drug-likeness (QED) is 0.783. The van der Waals surface area contributed by atoms with E-state index in [-0.39, 0.29) is 12.3 Å². The van der Waals surface area contributed by atoms with Crippen LogP contribution in [0, 0.1) is 0 Å². The van der Waals surface area contributed by atoms with Crippen molar-refractivity contribution in [3.05, 3.63) is 58.6 Å². The van der Waals surface area contributed by atoms with Gasteiger partial charge in [-0.1, -0.05) is 28.9 Å². The first-order valence-corrected chi connectivity index (χ1v) is 7.51. The van der Waals surface area contributed by atoms with Crippen LogP contribution < -0.4 is 5.32 Å². The molecule has 0 aliphatic carbocycles. The number of carbonyl (C=O) groups is 1. The van der Waals surface area contributed by atoms with Gasteiger partial charge in [0.25, 0.3) is 0 Å². The molecule has 2 aromatic heterocycles. The maximum absolute atomic E-state index is 12.0. The first kappa shape index (κ1) is 13.9. The maximum Gasteiger partial charge on any atom is 0.230 e. The molecule has 0 saturated carbocycles. The van der Waals surface area contributed by atoms with E-state index in [0.717, 1.165) is 4.88 Å². The van der Waals surface area contributed by atoms with E-state index in [2.05, 4.69) is 10.5 Å². The number of halogens is 1. The van der Waals surface area contributed by atoms with Gasteiger partial charge < -0.3 is 9.84 Å². The first-order valence-electron chi connectivity index (χ1n) is 6.25. The monoisotopic (exact) mass is 318 g/mol. The lowest BCUT2D eigenvalue weighted by atomic mass is 10.2. The summed E-state index contributed by atoms with van der Waals surface area (Å²) in [6.07, 6.45) is 0.154. The van der Waals surface area contributed by atoms with Gasteiger partial charge in [-0.15, -0.1) is 11.3 Å². The number of nitrogens with zero attached hydrogens (tertiary/aromatic N) is 1. The Hall–Kier alpha value is -2.11. The van der Waals surface area contributed by atoms with E-state index in [1.807, 2.05) is 17.5 Å². The van der Waals surface area contributed by atoms with Gasteiger partial charge in [-0.3, -0.25) is 4.79 Å². The van der Waals surface area contributed by atoms with Crippen LogP contribution >= 0.6 is 22.9 Å². The van der Waals surface area contributed by atoms with Crippen molar-refractivity contribution in [1.82, 2.24) is 5.16 Å². The fraction of sp³-hybridized carbons (Fsp3) is 0.0667. The molecule has 3 aromatic rings. The van der Waals surface area contributed by atoms with Crippen LogP contribution in [0.5, 0.6) is 0 Å². The molecule has 1 N–H and O–H groups in total.